The van der Waals surface area contributed by atoms with Crippen LogP contribution in [0.4, 0.5) is 13.2 Å². The van der Waals surface area contributed by atoms with Gasteiger partial charge in [0.1, 0.15) is 23.0 Å². The second-order valence-corrected chi connectivity index (χ2v) is 4.33. The predicted molar refractivity (Wildman–Crippen MR) is 66.1 cm³/mol. The lowest BCUT2D eigenvalue weighted by Crippen LogP contribution is -1.86. The maximum atomic E-state index is 13.6. The van der Waals surface area contributed by atoms with Gasteiger partial charge in [0.05, 0.1) is 5.52 Å². The maximum absolute atomic E-state index is 13.6. The molecule has 0 aliphatic heterocycles. The van der Waals surface area contributed by atoms with Gasteiger partial charge in [-0.2, -0.15) is 0 Å². The summed E-state index contributed by atoms with van der Waals surface area (Å²) in [4.78, 5) is 6.93. The molecule has 1 heterocycles. The molecule has 2 aromatic carbocycles. The minimum atomic E-state index is -0.725. The molecule has 0 aliphatic carbocycles. The lowest BCUT2D eigenvalue weighted by Gasteiger charge is -2.01. The van der Waals surface area contributed by atoms with Gasteiger partial charge in [-0.05, 0) is 36.8 Å². The van der Waals surface area contributed by atoms with Gasteiger partial charge in [0.2, 0.25) is 0 Å². The second kappa shape index (κ2) is 4.12. The molecule has 19 heavy (non-hydrogen) atoms. The van der Waals surface area contributed by atoms with E-state index in [4.69, 9.17) is 0 Å². The van der Waals surface area contributed by atoms with Crippen molar-refractivity contribution < 1.29 is 13.2 Å². The quantitative estimate of drug-likeness (QED) is 0.706. The van der Waals surface area contributed by atoms with Crippen molar-refractivity contribution in [3.63, 3.8) is 0 Å². The number of nitrogens with zero attached hydrogens (tertiary/aromatic N) is 1. The molecular formula is C14H9F3N2. The zero-order valence-electron chi connectivity index (χ0n) is 9.97. The third kappa shape index (κ3) is 1.97. The number of H-pyrrole nitrogens is 1. The number of imidazole rings is 1. The van der Waals surface area contributed by atoms with Crippen LogP contribution in [0.2, 0.25) is 0 Å². The predicted octanol–water partition coefficient (Wildman–Crippen LogP) is 3.96. The molecule has 0 saturated carbocycles. The standard InChI is InChI=1S/C14H9F3N2/c1-7-4-8(15)2-3-10(7)14-18-12-6-9(16)5-11(17)13(12)19-14/h2-6H,1H3,(H,18,19). The van der Waals surface area contributed by atoms with Gasteiger partial charge in [-0.15, -0.1) is 0 Å². The molecule has 96 valence electrons. The van der Waals surface area contributed by atoms with Gasteiger partial charge in [0.15, 0.2) is 5.82 Å². The summed E-state index contributed by atoms with van der Waals surface area (Å²) in [6.45, 7) is 1.72. The lowest BCUT2D eigenvalue weighted by molar-refractivity contribution is 0.590. The molecule has 0 aliphatic rings. The third-order valence-electron chi connectivity index (χ3n) is 2.95. The minimum Gasteiger partial charge on any atom is -0.338 e. The third-order valence-corrected chi connectivity index (χ3v) is 2.95. The average molecular weight is 262 g/mol. The van der Waals surface area contributed by atoms with Crippen molar-refractivity contribution in [1.29, 1.82) is 0 Å². The second-order valence-electron chi connectivity index (χ2n) is 4.33. The van der Waals surface area contributed by atoms with E-state index in [2.05, 4.69) is 9.97 Å². The molecule has 3 rings (SSSR count). The Hall–Kier alpha value is -2.30. The first kappa shape index (κ1) is 11.8. The number of hydrogen-bond acceptors (Lipinski definition) is 1. The van der Waals surface area contributed by atoms with Crippen molar-refractivity contribution in [1.82, 2.24) is 9.97 Å². The Morgan fingerprint density at radius 2 is 1.79 bits per heavy atom. The Kier molecular flexibility index (Phi) is 2.55. The molecule has 0 saturated heterocycles. The average Bonchev–Trinajstić information content (AvgIpc) is 2.72. The van der Waals surface area contributed by atoms with Crippen molar-refractivity contribution in [2.24, 2.45) is 0 Å². The van der Waals surface area contributed by atoms with Crippen molar-refractivity contribution >= 4 is 11.0 Å². The highest BCUT2D eigenvalue weighted by molar-refractivity contribution is 5.80. The summed E-state index contributed by atoms with van der Waals surface area (Å²) in [5, 5.41) is 0. The van der Waals surface area contributed by atoms with E-state index < -0.39 is 11.6 Å². The van der Waals surface area contributed by atoms with Crippen LogP contribution >= 0.6 is 0 Å². The Balaban J connectivity index is 2.23. The smallest absolute Gasteiger partial charge is 0.153 e. The van der Waals surface area contributed by atoms with Gasteiger partial charge in [-0.25, -0.2) is 18.2 Å². The van der Waals surface area contributed by atoms with Crippen LogP contribution in [0.15, 0.2) is 30.3 Å². The SMILES string of the molecule is Cc1cc(F)ccc1-c1nc2c(F)cc(F)cc2[nH]1. The number of halogens is 3. The van der Waals surface area contributed by atoms with E-state index in [1.807, 2.05) is 0 Å². The van der Waals surface area contributed by atoms with Gasteiger partial charge in [-0.3, -0.25) is 0 Å². The summed E-state index contributed by atoms with van der Waals surface area (Å²) in [5.41, 5.74) is 1.66. The van der Waals surface area contributed by atoms with Crippen LogP contribution in [0, 0.1) is 24.4 Å². The topological polar surface area (TPSA) is 28.7 Å². The Morgan fingerprint density at radius 3 is 2.53 bits per heavy atom. The fourth-order valence-corrected chi connectivity index (χ4v) is 2.06. The van der Waals surface area contributed by atoms with E-state index >= 15 is 0 Å². The van der Waals surface area contributed by atoms with Gasteiger partial charge in [0, 0.05) is 11.6 Å². The number of aryl methyl sites for hydroxylation is 1. The van der Waals surface area contributed by atoms with Crippen molar-refractivity contribution in [2.75, 3.05) is 0 Å². The lowest BCUT2D eigenvalue weighted by atomic mass is 10.1. The first-order valence-corrected chi connectivity index (χ1v) is 5.66. The number of benzene rings is 2. The van der Waals surface area contributed by atoms with Crippen molar-refractivity contribution in [3.8, 4) is 11.4 Å². The molecule has 0 atom stereocenters. The van der Waals surface area contributed by atoms with Crippen LogP contribution in [-0.4, -0.2) is 9.97 Å². The van der Waals surface area contributed by atoms with Gasteiger partial charge in [0.25, 0.3) is 0 Å². The van der Waals surface area contributed by atoms with Crippen molar-refractivity contribution in [3.05, 3.63) is 53.3 Å². The van der Waals surface area contributed by atoms with Gasteiger partial charge < -0.3 is 4.98 Å². The summed E-state index contributed by atoms with van der Waals surface area (Å²) in [6, 6.07) is 6.17. The molecule has 5 heteroatoms. The number of aromatic nitrogens is 2. The van der Waals surface area contributed by atoms with Crippen LogP contribution in [0.1, 0.15) is 5.56 Å². The number of hydrogen-bond donors (Lipinski definition) is 1. The largest absolute Gasteiger partial charge is 0.338 e. The van der Waals surface area contributed by atoms with E-state index in [0.717, 1.165) is 6.07 Å². The molecule has 0 bridgehead atoms. The highest BCUT2D eigenvalue weighted by Crippen LogP contribution is 2.25. The van der Waals surface area contributed by atoms with E-state index in [1.54, 1.807) is 13.0 Å². The van der Waals surface area contributed by atoms with E-state index in [0.29, 0.717) is 17.0 Å². The molecular weight excluding hydrogens is 253 g/mol. The number of nitrogens with one attached hydrogen (secondary N) is 1. The van der Waals surface area contributed by atoms with E-state index in [9.17, 15) is 13.2 Å². The first-order chi connectivity index (χ1) is 9.04. The minimum absolute atomic E-state index is 0.0696. The number of aromatic amines is 1. The van der Waals surface area contributed by atoms with E-state index in [-0.39, 0.29) is 16.9 Å². The number of fused-ring (bicyclic) bond motifs is 1. The zero-order chi connectivity index (χ0) is 13.6. The zero-order valence-corrected chi connectivity index (χ0v) is 9.97. The van der Waals surface area contributed by atoms with Crippen LogP contribution in [-0.2, 0) is 0 Å². The van der Waals surface area contributed by atoms with Crippen LogP contribution in [0.5, 0.6) is 0 Å². The fraction of sp³-hybridized carbons (Fsp3) is 0.0714. The van der Waals surface area contributed by atoms with Crippen molar-refractivity contribution in [2.45, 2.75) is 6.92 Å². The highest BCUT2D eigenvalue weighted by Gasteiger charge is 2.12. The molecule has 2 nitrogen and oxygen atoms in total. The Morgan fingerprint density at radius 1 is 1.00 bits per heavy atom. The molecule has 1 N–H and O–H groups in total. The van der Waals surface area contributed by atoms with E-state index in [1.165, 1.54) is 18.2 Å². The summed E-state index contributed by atoms with van der Waals surface area (Å²) in [5.74, 6) is -1.36. The molecule has 3 aromatic rings. The Bertz CT molecular complexity index is 778. The summed E-state index contributed by atoms with van der Waals surface area (Å²) < 4.78 is 39.7. The molecule has 0 spiro atoms. The molecule has 0 fully saturated rings. The summed E-state index contributed by atoms with van der Waals surface area (Å²) >= 11 is 0. The van der Waals surface area contributed by atoms with Gasteiger partial charge in [-0.1, -0.05) is 0 Å². The first-order valence-electron chi connectivity index (χ1n) is 5.66. The van der Waals surface area contributed by atoms with Crippen LogP contribution in [0.3, 0.4) is 0 Å². The highest BCUT2D eigenvalue weighted by atomic mass is 19.1. The molecule has 0 unspecified atom stereocenters. The molecule has 0 amide bonds. The maximum Gasteiger partial charge on any atom is 0.153 e. The molecule has 0 radical (unpaired) electrons. The van der Waals surface area contributed by atoms with Crippen LogP contribution in [0.25, 0.3) is 22.4 Å². The van der Waals surface area contributed by atoms with Gasteiger partial charge >= 0.3 is 0 Å². The monoisotopic (exact) mass is 262 g/mol. The Labute approximate surface area is 106 Å². The summed E-state index contributed by atoms with van der Waals surface area (Å²) in [7, 11) is 0. The normalized spacial score (nSPS) is 11.2. The fourth-order valence-electron chi connectivity index (χ4n) is 2.06. The molecule has 1 aromatic heterocycles. The summed E-state index contributed by atoms with van der Waals surface area (Å²) in [6.07, 6.45) is 0. The number of rotatable bonds is 1. The van der Waals surface area contributed by atoms with Crippen LogP contribution < -0.4 is 0 Å².